The summed E-state index contributed by atoms with van der Waals surface area (Å²) in [7, 11) is 1.63. The Balaban J connectivity index is 2.42. The van der Waals surface area contributed by atoms with Gasteiger partial charge in [-0.05, 0) is 33.6 Å². The highest BCUT2D eigenvalue weighted by Crippen LogP contribution is 2.17. The SMILES string of the molecule is CNC(=O)C1CCC(C(=O)OC(C)(C)C)NC1. The van der Waals surface area contributed by atoms with Crippen LogP contribution in [0.1, 0.15) is 33.6 Å². The summed E-state index contributed by atoms with van der Waals surface area (Å²) < 4.78 is 5.30. The minimum Gasteiger partial charge on any atom is -0.459 e. The molecule has 0 aromatic heterocycles. The molecule has 5 heteroatoms. The fraction of sp³-hybridized carbons (Fsp3) is 0.833. The van der Waals surface area contributed by atoms with Crippen LogP contribution in [0.3, 0.4) is 0 Å². The van der Waals surface area contributed by atoms with Crippen LogP contribution in [-0.2, 0) is 14.3 Å². The maximum Gasteiger partial charge on any atom is 0.323 e. The molecule has 1 rings (SSSR count). The standard InChI is InChI=1S/C12H22N2O3/c1-12(2,3)17-11(16)9-6-5-8(7-14-9)10(15)13-4/h8-9,14H,5-7H2,1-4H3,(H,13,15). The molecule has 17 heavy (non-hydrogen) atoms. The molecule has 5 nitrogen and oxygen atoms in total. The quantitative estimate of drug-likeness (QED) is 0.690. The van der Waals surface area contributed by atoms with Gasteiger partial charge in [0.15, 0.2) is 0 Å². The first-order valence-electron chi connectivity index (χ1n) is 6.01. The van der Waals surface area contributed by atoms with Gasteiger partial charge in [0.05, 0.1) is 5.92 Å². The lowest BCUT2D eigenvalue weighted by Crippen LogP contribution is -2.49. The molecule has 0 radical (unpaired) electrons. The minimum absolute atomic E-state index is 0.0279. The van der Waals surface area contributed by atoms with Gasteiger partial charge < -0.3 is 15.4 Å². The summed E-state index contributed by atoms with van der Waals surface area (Å²) in [5, 5.41) is 5.69. The highest BCUT2D eigenvalue weighted by molar-refractivity contribution is 5.80. The van der Waals surface area contributed by atoms with Crippen LogP contribution in [0.2, 0.25) is 0 Å². The number of hydrogen-bond acceptors (Lipinski definition) is 4. The van der Waals surface area contributed by atoms with E-state index in [1.165, 1.54) is 0 Å². The predicted octanol–water partition coefficient (Wildman–Crippen LogP) is 0.442. The number of nitrogens with one attached hydrogen (secondary N) is 2. The molecule has 1 fully saturated rings. The smallest absolute Gasteiger partial charge is 0.323 e. The summed E-state index contributed by atoms with van der Waals surface area (Å²) in [5.74, 6) is -0.244. The summed E-state index contributed by atoms with van der Waals surface area (Å²) >= 11 is 0. The number of piperidine rings is 1. The van der Waals surface area contributed by atoms with Crippen LogP contribution in [0.5, 0.6) is 0 Å². The Hall–Kier alpha value is -1.10. The van der Waals surface area contributed by atoms with E-state index in [9.17, 15) is 9.59 Å². The fourth-order valence-corrected chi connectivity index (χ4v) is 1.86. The van der Waals surface area contributed by atoms with Crippen LogP contribution in [0.25, 0.3) is 0 Å². The summed E-state index contributed by atoms with van der Waals surface area (Å²) in [4.78, 5) is 23.2. The Morgan fingerprint density at radius 2 is 1.94 bits per heavy atom. The van der Waals surface area contributed by atoms with Gasteiger partial charge in [-0.3, -0.25) is 9.59 Å². The zero-order valence-corrected chi connectivity index (χ0v) is 11.0. The van der Waals surface area contributed by atoms with E-state index >= 15 is 0 Å². The molecular weight excluding hydrogens is 220 g/mol. The highest BCUT2D eigenvalue weighted by Gasteiger charge is 2.31. The Morgan fingerprint density at radius 3 is 2.35 bits per heavy atom. The first-order chi connectivity index (χ1) is 7.83. The lowest BCUT2D eigenvalue weighted by Gasteiger charge is -2.30. The zero-order chi connectivity index (χ0) is 13.1. The van der Waals surface area contributed by atoms with Gasteiger partial charge in [-0.25, -0.2) is 0 Å². The number of esters is 1. The summed E-state index contributed by atoms with van der Waals surface area (Å²) in [6, 6.07) is -0.282. The van der Waals surface area contributed by atoms with Gasteiger partial charge in [0.2, 0.25) is 5.91 Å². The van der Waals surface area contributed by atoms with E-state index in [0.29, 0.717) is 13.0 Å². The molecule has 1 heterocycles. The monoisotopic (exact) mass is 242 g/mol. The van der Waals surface area contributed by atoms with Crippen molar-refractivity contribution in [2.45, 2.75) is 45.3 Å². The number of amides is 1. The van der Waals surface area contributed by atoms with Gasteiger partial charge in [-0.15, -0.1) is 0 Å². The van der Waals surface area contributed by atoms with Crippen molar-refractivity contribution in [3.63, 3.8) is 0 Å². The largest absolute Gasteiger partial charge is 0.459 e. The van der Waals surface area contributed by atoms with Gasteiger partial charge in [0.1, 0.15) is 11.6 Å². The molecule has 2 N–H and O–H groups in total. The van der Waals surface area contributed by atoms with Gasteiger partial charge in [0.25, 0.3) is 0 Å². The molecular formula is C12H22N2O3. The van der Waals surface area contributed by atoms with Crippen molar-refractivity contribution < 1.29 is 14.3 Å². The molecule has 0 bridgehead atoms. The molecule has 0 aromatic carbocycles. The second kappa shape index (κ2) is 5.49. The Morgan fingerprint density at radius 1 is 1.29 bits per heavy atom. The van der Waals surface area contributed by atoms with Crippen LogP contribution >= 0.6 is 0 Å². The van der Waals surface area contributed by atoms with Crippen LogP contribution < -0.4 is 10.6 Å². The average molecular weight is 242 g/mol. The second-order valence-corrected chi connectivity index (χ2v) is 5.38. The predicted molar refractivity (Wildman–Crippen MR) is 64.4 cm³/mol. The molecule has 1 saturated heterocycles. The minimum atomic E-state index is -0.462. The number of carbonyl (C=O) groups is 2. The number of hydrogen-bond donors (Lipinski definition) is 2. The van der Waals surface area contributed by atoms with Crippen LogP contribution in [0.15, 0.2) is 0 Å². The van der Waals surface area contributed by atoms with E-state index in [2.05, 4.69) is 10.6 Å². The molecule has 0 saturated carbocycles. The molecule has 1 amide bonds. The first kappa shape index (κ1) is 14.0. The van der Waals surface area contributed by atoms with Gasteiger partial charge >= 0.3 is 5.97 Å². The van der Waals surface area contributed by atoms with E-state index in [1.807, 2.05) is 20.8 Å². The average Bonchev–Trinajstić information content (AvgIpc) is 2.26. The van der Waals surface area contributed by atoms with Crippen LogP contribution in [-0.4, -0.2) is 37.1 Å². The molecule has 2 atom stereocenters. The van der Waals surface area contributed by atoms with E-state index in [0.717, 1.165) is 6.42 Å². The van der Waals surface area contributed by atoms with Crippen molar-refractivity contribution >= 4 is 11.9 Å². The number of carbonyl (C=O) groups excluding carboxylic acids is 2. The zero-order valence-electron chi connectivity index (χ0n) is 11.0. The van der Waals surface area contributed by atoms with Crippen molar-refractivity contribution in [1.29, 1.82) is 0 Å². The maximum absolute atomic E-state index is 11.8. The van der Waals surface area contributed by atoms with Gasteiger partial charge in [-0.1, -0.05) is 0 Å². The Kier molecular flexibility index (Phi) is 4.51. The fourth-order valence-electron chi connectivity index (χ4n) is 1.86. The van der Waals surface area contributed by atoms with E-state index in [-0.39, 0.29) is 23.8 Å². The van der Waals surface area contributed by atoms with Crippen molar-refractivity contribution in [3.05, 3.63) is 0 Å². The Bertz CT molecular complexity index is 289. The summed E-state index contributed by atoms with van der Waals surface area (Å²) in [5.41, 5.74) is -0.462. The lowest BCUT2D eigenvalue weighted by molar-refractivity contribution is -0.158. The number of ether oxygens (including phenoxy) is 1. The molecule has 1 aliphatic heterocycles. The number of rotatable bonds is 2. The van der Waals surface area contributed by atoms with Crippen molar-refractivity contribution in [3.8, 4) is 0 Å². The van der Waals surface area contributed by atoms with Crippen LogP contribution in [0, 0.1) is 5.92 Å². The summed E-state index contributed by atoms with van der Waals surface area (Å²) in [6.45, 7) is 6.08. The second-order valence-electron chi connectivity index (χ2n) is 5.38. The van der Waals surface area contributed by atoms with E-state index < -0.39 is 5.60 Å². The third kappa shape index (κ3) is 4.34. The lowest BCUT2D eigenvalue weighted by atomic mass is 9.94. The molecule has 1 aliphatic rings. The normalized spacial score (nSPS) is 25.2. The molecule has 0 aromatic rings. The van der Waals surface area contributed by atoms with Crippen molar-refractivity contribution in [1.82, 2.24) is 10.6 Å². The van der Waals surface area contributed by atoms with Gasteiger partial charge in [0, 0.05) is 13.6 Å². The van der Waals surface area contributed by atoms with Crippen molar-refractivity contribution in [2.75, 3.05) is 13.6 Å². The van der Waals surface area contributed by atoms with Gasteiger partial charge in [-0.2, -0.15) is 0 Å². The van der Waals surface area contributed by atoms with Crippen LogP contribution in [0.4, 0.5) is 0 Å². The van der Waals surface area contributed by atoms with E-state index in [4.69, 9.17) is 4.74 Å². The molecule has 0 spiro atoms. The third-order valence-electron chi connectivity index (χ3n) is 2.72. The molecule has 98 valence electrons. The molecule has 2 unspecified atom stereocenters. The summed E-state index contributed by atoms with van der Waals surface area (Å²) in [6.07, 6.45) is 1.36. The Labute approximate surface area is 102 Å². The molecule has 0 aliphatic carbocycles. The third-order valence-corrected chi connectivity index (χ3v) is 2.72. The van der Waals surface area contributed by atoms with E-state index in [1.54, 1.807) is 7.05 Å². The highest BCUT2D eigenvalue weighted by atomic mass is 16.6. The first-order valence-corrected chi connectivity index (χ1v) is 6.01. The van der Waals surface area contributed by atoms with Crippen molar-refractivity contribution in [2.24, 2.45) is 5.92 Å². The maximum atomic E-state index is 11.8. The topological polar surface area (TPSA) is 67.4 Å².